The molecule has 2 N–H and O–H groups in total. The lowest BCUT2D eigenvalue weighted by atomic mass is 9.98. The molecule has 1 aliphatic rings. The third-order valence-corrected chi connectivity index (χ3v) is 3.99. The molecule has 0 aromatic heterocycles. The van der Waals surface area contributed by atoms with Gasteiger partial charge in [-0.05, 0) is 30.4 Å². The first-order valence-electron chi connectivity index (χ1n) is 7.37. The first-order chi connectivity index (χ1) is 9.61. The number of benzene rings is 1. The number of nitrogens with two attached hydrogens (primary N) is 1. The molecule has 2 rings (SSSR count). The maximum Gasteiger partial charge on any atom is 0.260 e. The minimum absolute atomic E-state index is 0.0249. The van der Waals surface area contributed by atoms with Gasteiger partial charge in [0.05, 0.1) is 0 Å². The minimum atomic E-state index is 0.0249. The van der Waals surface area contributed by atoms with Crippen molar-refractivity contribution in [3.8, 4) is 5.75 Å². The molecule has 0 radical (unpaired) electrons. The fourth-order valence-electron chi connectivity index (χ4n) is 2.48. The highest BCUT2D eigenvalue weighted by atomic mass is 16.5. The van der Waals surface area contributed by atoms with E-state index in [1.54, 1.807) is 4.90 Å². The molecule has 4 nitrogen and oxygen atoms in total. The Labute approximate surface area is 120 Å². The third kappa shape index (κ3) is 3.51. The second kappa shape index (κ2) is 6.75. The van der Waals surface area contributed by atoms with E-state index in [4.69, 9.17) is 10.5 Å². The topological polar surface area (TPSA) is 55.6 Å². The third-order valence-electron chi connectivity index (χ3n) is 3.99. The molecular weight excluding hydrogens is 252 g/mol. The van der Waals surface area contributed by atoms with Crippen LogP contribution in [0.25, 0.3) is 0 Å². The zero-order valence-corrected chi connectivity index (χ0v) is 12.3. The summed E-state index contributed by atoms with van der Waals surface area (Å²) in [6, 6.07) is 8.07. The molecule has 2 atom stereocenters. The predicted molar refractivity (Wildman–Crippen MR) is 79.8 cm³/mol. The van der Waals surface area contributed by atoms with Crippen LogP contribution in [0.4, 0.5) is 0 Å². The molecule has 1 aromatic carbocycles. The van der Waals surface area contributed by atoms with Crippen molar-refractivity contribution in [1.29, 1.82) is 0 Å². The summed E-state index contributed by atoms with van der Waals surface area (Å²) in [6.07, 6.45) is 1.94. The molecule has 20 heavy (non-hydrogen) atoms. The van der Waals surface area contributed by atoms with Crippen LogP contribution in [-0.4, -0.2) is 36.5 Å². The maximum absolute atomic E-state index is 12.1. The maximum atomic E-state index is 12.1. The van der Waals surface area contributed by atoms with Crippen molar-refractivity contribution >= 4 is 5.91 Å². The normalized spacial score (nSPS) is 19.9. The highest BCUT2D eigenvalue weighted by Crippen LogP contribution is 2.28. The van der Waals surface area contributed by atoms with E-state index < -0.39 is 0 Å². The summed E-state index contributed by atoms with van der Waals surface area (Å²) >= 11 is 0. The second-order valence-electron chi connectivity index (χ2n) is 5.52. The van der Waals surface area contributed by atoms with Gasteiger partial charge in [-0.2, -0.15) is 0 Å². The van der Waals surface area contributed by atoms with Crippen LogP contribution in [0.5, 0.6) is 5.75 Å². The van der Waals surface area contributed by atoms with Gasteiger partial charge in [0.25, 0.3) is 5.91 Å². The first-order valence-corrected chi connectivity index (χ1v) is 7.37. The molecule has 1 saturated heterocycles. The van der Waals surface area contributed by atoms with Crippen LogP contribution >= 0.6 is 0 Å². The summed E-state index contributed by atoms with van der Waals surface area (Å²) in [5.41, 5.74) is 6.98. The van der Waals surface area contributed by atoms with Crippen LogP contribution in [0.15, 0.2) is 24.3 Å². The number of likely N-dealkylation sites (tertiary alicyclic amines) is 1. The van der Waals surface area contributed by atoms with Gasteiger partial charge in [0, 0.05) is 19.1 Å². The Hall–Kier alpha value is -1.55. The van der Waals surface area contributed by atoms with Crippen molar-refractivity contribution in [1.82, 2.24) is 4.90 Å². The quantitative estimate of drug-likeness (QED) is 0.896. The molecule has 1 heterocycles. The summed E-state index contributed by atoms with van der Waals surface area (Å²) in [5.74, 6) is 1.28. The van der Waals surface area contributed by atoms with Crippen LogP contribution in [0.1, 0.15) is 38.2 Å². The highest BCUT2D eigenvalue weighted by molar-refractivity contribution is 5.78. The smallest absolute Gasteiger partial charge is 0.260 e. The summed E-state index contributed by atoms with van der Waals surface area (Å²) < 4.78 is 5.74. The van der Waals surface area contributed by atoms with Gasteiger partial charge in [-0.25, -0.2) is 0 Å². The second-order valence-corrected chi connectivity index (χ2v) is 5.52. The van der Waals surface area contributed by atoms with E-state index in [0.29, 0.717) is 12.5 Å². The van der Waals surface area contributed by atoms with E-state index >= 15 is 0 Å². The number of hydrogen-bond acceptors (Lipinski definition) is 3. The molecule has 1 amide bonds. The Morgan fingerprint density at radius 1 is 1.50 bits per heavy atom. The van der Waals surface area contributed by atoms with Crippen LogP contribution < -0.4 is 10.5 Å². The van der Waals surface area contributed by atoms with Gasteiger partial charge in [0.15, 0.2) is 6.61 Å². The van der Waals surface area contributed by atoms with Crippen molar-refractivity contribution in [2.45, 2.75) is 38.6 Å². The van der Waals surface area contributed by atoms with Crippen LogP contribution in [-0.2, 0) is 4.79 Å². The molecule has 0 aliphatic carbocycles. The van der Waals surface area contributed by atoms with Gasteiger partial charge in [-0.1, -0.05) is 32.0 Å². The SMILES string of the molecule is CC[C@@H](C)c1ccccc1OCC(=O)N1CC[C@H](N)C1. The number of hydrogen-bond donors (Lipinski definition) is 1. The minimum Gasteiger partial charge on any atom is -0.483 e. The lowest BCUT2D eigenvalue weighted by Crippen LogP contribution is -2.35. The number of carbonyl (C=O) groups excluding carboxylic acids is 1. The summed E-state index contributed by atoms with van der Waals surface area (Å²) in [6.45, 7) is 5.81. The monoisotopic (exact) mass is 276 g/mol. The fraction of sp³-hybridized carbons (Fsp3) is 0.562. The molecule has 0 unspecified atom stereocenters. The van der Waals surface area contributed by atoms with Crippen molar-refractivity contribution in [3.05, 3.63) is 29.8 Å². The number of rotatable bonds is 5. The Morgan fingerprint density at radius 3 is 2.90 bits per heavy atom. The van der Waals surface area contributed by atoms with Crippen molar-refractivity contribution in [2.24, 2.45) is 5.73 Å². The van der Waals surface area contributed by atoms with Crippen LogP contribution in [0.3, 0.4) is 0 Å². The molecule has 0 spiro atoms. The largest absolute Gasteiger partial charge is 0.483 e. The molecular formula is C16H24N2O2. The average molecular weight is 276 g/mol. The lowest BCUT2D eigenvalue weighted by Gasteiger charge is -2.18. The molecule has 1 fully saturated rings. The van der Waals surface area contributed by atoms with Crippen molar-refractivity contribution in [2.75, 3.05) is 19.7 Å². The van der Waals surface area contributed by atoms with Gasteiger partial charge in [0.1, 0.15) is 5.75 Å². The van der Waals surface area contributed by atoms with Gasteiger partial charge in [-0.3, -0.25) is 4.79 Å². The summed E-state index contributed by atoms with van der Waals surface area (Å²) in [4.78, 5) is 13.8. The molecule has 1 aromatic rings. The molecule has 1 aliphatic heterocycles. The summed E-state index contributed by atoms with van der Waals surface area (Å²) in [7, 11) is 0. The first kappa shape index (κ1) is 14.9. The highest BCUT2D eigenvalue weighted by Gasteiger charge is 2.24. The lowest BCUT2D eigenvalue weighted by molar-refractivity contribution is -0.132. The standard InChI is InChI=1S/C16H24N2O2/c1-3-12(2)14-6-4-5-7-15(14)20-11-16(19)18-9-8-13(17)10-18/h4-7,12-13H,3,8-11,17H2,1-2H3/t12-,13+/m1/s1. The Kier molecular flexibility index (Phi) is 5.01. The van der Waals surface area contributed by atoms with E-state index in [1.807, 2.05) is 18.2 Å². The molecule has 0 saturated carbocycles. The Morgan fingerprint density at radius 2 is 2.25 bits per heavy atom. The van der Waals surface area contributed by atoms with E-state index in [1.165, 1.54) is 5.56 Å². The van der Waals surface area contributed by atoms with Gasteiger partial charge in [0.2, 0.25) is 0 Å². The number of nitrogens with zero attached hydrogens (tertiary/aromatic N) is 1. The average Bonchev–Trinajstić information content (AvgIpc) is 2.91. The number of amides is 1. The van der Waals surface area contributed by atoms with Gasteiger partial charge >= 0.3 is 0 Å². The molecule has 4 heteroatoms. The van der Waals surface area contributed by atoms with Crippen LogP contribution in [0.2, 0.25) is 0 Å². The van der Waals surface area contributed by atoms with Crippen LogP contribution in [0, 0.1) is 0 Å². The molecule has 0 bridgehead atoms. The Balaban J connectivity index is 1.95. The van der Waals surface area contributed by atoms with Gasteiger partial charge in [-0.15, -0.1) is 0 Å². The Bertz CT molecular complexity index is 462. The van der Waals surface area contributed by atoms with E-state index in [0.717, 1.165) is 25.1 Å². The van der Waals surface area contributed by atoms with Crippen molar-refractivity contribution in [3.63, 3.8) is 0 Å². The van der Waals surface area contributed by atoms with E-state index in [9.17, 15) is 4.79 Å². The zero-order chi connectivity index (χ0) is 14.5. The zero-order valence-electron chi connectivity index (χ0n) is 12.3. The van der Waals surface area contributed by atoms with Gasteiger partial charge < -0.3 is 15.4 Å². The number of ether oxygens (including phenoxy) is 1. The van der Waals surface area contributed by atoms with Crippen molar-refractivity contribution < 1.29 is 9.53 Å². The number of para-hydroxylation sites is 1. The molecule has 110 valence electrons. The predicted octanol–water partition coefficient (Wildman–Crippen LogP) is 2.14. The summed E-state index contributed by atoms with van der Waals surface area (Å²) in [5, 5.41) is 0. The fourth-order valence-corrected chi connectivity index (χ4v) is 2.48. The van der Waals surface area contributed by atoms with E-state index in [2.05, 4.69) is 19.9 Å². The van der Waals surface area contributed by atoms with E-state index in [-0.39, 0.29) is 18.6 Å². The number of carbonyl (C=O) groups is 1.